The fourth-order valence-corrected chi connectivity index (χ4v) is 1.06. The van der Waals surface area contributed by atoms with Crippen LogP contribution >= 0.6 is 0 Å². The van der Waals surface area contributed by atoms with Crippen molar-refractivity contribution < 1.29 is 14.6 Å². The molecular formula is C9H20NO3. The molecule has 0 spiro atoms. The third kappa shape index (κ3) is 8.18. The molecule has 13 heavy (non-hydrogen) atoms. The van der Waals surface area contributed by atoms with Crippen LogP contribution in [0.4, 0.5) is 0 Å². The zero-order chi connectivity index (χ0) is 9.94. The second kappa shape index (κ2) is 9.92. The summed E-state index contributed by atoms with van der Waals surface area (Å²) >= 11 is 0. The van der Waals surface area contributed by atoms with Gasteiger partial charge in [0, 0.05) is 33.9 Å². The van der Waals surface area contributed by atoms with Gasteiger partial charge in [-0.15, -0.1) is 0 Å². The lowest BCUT2D eigenvalue weighted by Crippen LogP contribution is -2.32. The standard InChI is InChI=1S/C9H20NO3/c1-12-8-5-10(4-3-7-11)6-9-13-2/h3-9H2,1-2H3. The van der Waals surface area contributed by atoms with Crippen LogP contribution in [0.3, 0.4) is 0 Å². The summed E-state index contributed by atoms with van der Waals surface area (Å²) in [7, 11) is 3.37. The minimum atomic E-state index is -0.00351. The molecule has 4 heteroatoms. The molecule has 0 aliphatic heterocycles. The lowest BCUT2D eigenvalue weighted by atomic mass is 10.4. The van der Waals surface area contributed by atoms with Gasteiger partial charge >= 0.3 is 0 Å². The van der Waals surface area contributed by atoms with Gasteiger partial charge in [0.05, 0.1) is 19.8 Å². The van der Waals surface area contributed by atoms with Gasteiger partial charge in [0.15, 0.2) is 0 Å². The van der Waals surface area contributed by atoms with Gasteiger partial charge in [-0.2, -0.15) is 0 Å². The van der Waals surface area contributed by atoms with E-state index in [1.807, 2.05) is 0 Å². The third-order valence-corrected chi connectivity index (χ3v) is 1.84. The first kappa shape index (κ1) is 12.8. The highest BCUT2D eigenvalue weighted by Gasteiger charge is 2.03. The van der Waals surface area contributed by atoms with Crippen LogP contribution < -0.4 is 0 Å². The van der Waals surface area contributed by atoms with Crippen molar-refractivity contribution in [1.29, 1.82) is 0 Å². The van der Waals surface area contributed by atoms with E-state index in [0.29, 0.717) is 19.6 Å². The van der Waals surface area contributed by atoms with E-state index >= 15 is 0 Å². The second-order valence-corrected chi connectivity index (χ2v) is 2.88. The summed E-state index contributed by atoms with van der Waals surface area (Å²) < 4.78 is 9.94. The van der Waals surface area contributed by atoms with E-state index in [0.717, 1.165) is 19.6 Å². The Morgan fingerprint density at radius 3 is 1.92 bits per heavy atom. The molecular weight excluding hydrogens is 170 g/mol. The number of rotatable bonds is 9. The fraction of sp³-hybridized carbons (Fsp3) is 1.00. The van der Waals surface area contributed by atoms with Crippen molar-refractivity contribution in [2.45, 2.75) is 6.42 Å². The summed E-state index contributed by atoms with van der Waals surface area (Å²) in [5.41, 5.74) is 0. The molecule has 0 aliphatic carbocycles. The molecule has 0 rings (SSSR count). The molecule has 0 N–H and O–H groups in total. The number of ether oxygens (including phenoxy) is 2. The van der Waals surface area contributed by atoms with Crippen LogP contribution in [-0.4, -0.2) is 58.6 Å². The van der Waals surface area contributed by atoms with Gasteiger partial charge in [-0.3, -0.25) is 4.90 Å². The number of methoxy groups -OCH3 is 2. The predicted octanol–water partition coefficient (Wildman–Crippen LogP) is 0.402. The average molecular weight is 190 g/mol. The lowest BCUT2D eigenvalue weighted by molar-refractivity contribution is 0.103. The Morgan fingerprint density at radius 1 is 1.00 bits per heavy atom. The van der Waals surface area contributed by atoms with Crippen LogP contribution in [0, 0.1) is 0 Å². The van der Waals surface area contributed by atoms with E-state index in [2.05, 4.69) is 4.90 Å². The summed E-state index contributed by atoms with van der Waals surface area (Å²) in [6, 6.07) is 0. The van der Waals surface area contributed by atoms with Crippen molar-refractivity contribution in [1.82, 2.24) is 4.90 Å². The van der Waals surface area contributed by atoms with Crippen LogP contribution in [0.2, 0.25) is 0 Å². The summed E-state index contributed by atoms with van der Waals surface area (Å²) in [5.74, 6) is 0. The number of hydrogen-bond donors (Lipinski definition) is 0. The smallest absolute Gasteiger partial charge is 0.0834 e. The van der Waals surface area contributed by atoms with Crippen LogP contribution in [0.15, 0.2) is 0 Å². The summed E-state index contributed by atoms with van der Waals surface area (Å²) in [4.78, 5) is 2.19. The van der Waals surface area contributed by atoms with Crippen molar-refractivity contribution in [3.05, 3.63) is 0 Å². The van der Waals surface area contributed by atoms with E-state index in [1.165, 1.54) is 0 Å². The van der Waals surface area contributed by atoms with Gasteiger partial charge in [0.1, 0.15) is 0 Å². The van der Waals surface area contributed by atoms with E-state index in [9.17, 15) is 5.11 Å². The fourth-order valence-electron chi connectivity index (χ4n) is 1.06. The number of nitrogens with zero attached hydrogens (tertiary/aromatic N) is 1. The first-order chi connectivity index (χ1) is 6.35. The molecule has 79 valence electrons. The van der Waals surface area contributed by atoms with Crippen molar-refractivity contribution in [2.24, 2.45) is 0 Å². The molecule has 0 aromatic carbocycles. The SMILES string of the molecule is COCCN(CCC[O])CCOC. The summed E-state index contributed by atoms with van der Waals surface area (Å²) in [6.07, 6.45) is 0.702. The van der Waals surface area contributed by atoms with E-state index < -0.39 is 0 Å². The Kier molecular flexibility index (Phi) is 9.80. The molecule has 4 nitrogen and oxygen atoms in total. The van der Waals surface area contributed by atoms with Crippen LogP contribution in [0.25, 0.3) is 0 Å². The Morgan fingerprint density at radius 2 is 1.54 bits per heavy atom. The van der Waals surface area contributed by atoms with E-state index in [1.54, 1.807) is 14.2 Å². The molecule has 0 atom stereocenters. The second-order valence-electron chi connectivity index (χ2n) is 2.88. The normalized spacial score (nSPS) is 11.1. The molecule has 0 fully saturated rings. The zero-order valence-electron chi connectivity index (χ0n) is 8.62. The molecule has 0 heterocycles. The molecule has 0 aromatic heterocycles. The van der Waals surface area contributed by atoms with Crippen molar-refractivity contribution in [2.75, 3.05) is 53.7 Å². The Bertz CT molecular complexity index is 81.8. The van der Waals surface area contributed by atoms with E-state index in [-0.39, 0.29) is 6.61 Å². The maximum absolute atomic E-state index is 10.3. The van der Waals surface area contributed by atoms with Crippen LogP contribution in [0.5, 0.6) is 0 Å². The molecule has 0 unspecified atom stereocenters. The predicted molar refractivity (Wildman–Crippen MR) is 50.4 cm³/mol. The molecule has 0 aliphatic rings. The van der Waals surface area contributed by atoms with Crippen molar-refractivity contribution in [3.8, 4) is 0 Å². The largest absolute Gasteiger partial charge is 0.383 e. The Balaban J connectivity index is 3.47. The first-order valence-electron chi connectivity index (χ1n) is 4.63. The minimum Gasteiger partial charge on any atom is -0.383 e. The zero-order valence-corrected chi connectivity index (χ0v) is 8.62. The molecule has 0 saturated heterocycles. The molecule has 0 bridgehead atoms. The van der Waals surface area contributed by atoms with Gasteiger partial charge in [0.25, 0.3) is 0 Å². The highest BCUT2D eigenvalue weighted by atomic mass is 16.5. The quantitative estimate of drug-likeness (QED) is 0.528. The third-order valence-electron chi connectivity index (χ3n) is 1.84. The molecule has 0 amide bonds. The van der Waals surface area contributed by atoms with Crippen molar-refractivity contribution in [3.63, 3.8) is 0 Å². The summed E-state index contributed by atoms with van der Waals surface area (Å²) in [6.45, 7) is 4.01. The highest BCUT2D eigenvalue weighted by molar-refractivity contribution is 4.56. The van der Waals surface area contributed by atoms with Crippen molar-refractivity contribution >= 4 is 0 Å². The van der Waals surface area contributed by atoms with Gasteiger partial charge < -0.3 is 9.47 Å². The maximum atomic E-state index is 10.3. The summed E-state index contributed by atoms with van der Waals surface area (Å²) in [5, 5.41) is 10.3. The topological polar surface area (TPSA) is 41.6 Å². The first-order valence-corrected chi connectivity index (χ1v) is 4.63. The van der Waals surface area contributed by atoms with Gasteiger partial charge in [0.2, 0.25) is 0 Å². The van der Waals surface area contributed by atoms with Crippen LogP contribution in [-0.2, 0) is 14.6 Å². The molecule has 0 saturated carbocycles. The molecule has 0 aromatic rings. The molecule has 1 radical (unpaired) electrons. The van der Waals surface area contributed by atoms with Gasteiger partial charge in [-0.05, 0) is 6.42 Å². The number of hydrogen-bond acceptors (Lipinski definition) is 3. The lowest BCUT2D eigenvalue weighted by Gasteiger charge is -2.20. The van der Waals surface area contributed by atoms with Gasteiger partial charge in [-0.1, -0.05) is 0 Å². The van der Waals surface area contributed by atoms with E-state index in [4.69, 9.17) is 9.47 Å². The minimum absolute atomic E-state index is 0.00351. The maximum Gasteiger partial charge on any atom is 0.0834 e. The monoisotopic (exact) mass is 190 g/mol. The highest BCUT2D eigenvalue weighted by Crippen LogP contribution is 1.91. The van der Waals surface area contributed by atoms with Gasteiger partial charge in [-0.25, -0.2) is 5.11 Å². The Labute approximate surface area is 80.4 Å². The van der Waals surface area contributed by atoms with Crippen LogP contribution in [0.1, 0.15) is 6.42 Å². The Hall–Kier alpha value is -0.160. The average Bonchev–Trinajstić information content (AvgIpc) is 2.17.